The molecule has 0 unspecified atom stereocenters. The molecule has 0 radical (unpaired) electrons. The summed E-state index contributed by atoms with van der Waals surface area (Å²) in [6.45, 7) is 6.88. The topological polar surface area (TPSA) is 50.4 Å². The van der Waals surface area contributed by atoms with E-state index in [1.165, 1.54) is 11.1 Å². The van der Waals surface area contributed by atoms with Gasteiger partial charge in [-0.2, -0.15) is 0 Å². The van der Waals surface area contributed by atoms with E-state index < -0.39 is 0 Å². The van der Waals surface area contributed by atoms with Crippen molar-refractivity contribution in [3.05, 3.63) is 34.9 Å². The van der Waals surface area contributed by atoms with E-state index in [1.54, 1.807) is 0 Å². The van der Waals surface area contributed by atoms with Crippen LogP contribution in [0.15, 0.2) is 23.2 Å². The molecule has 76 valence electrons. The molecule has 0 saturated heterocycles. The van der Waals surface area contributed by atoms with Crippen LogP contribution in [0.1, 0.15) is 23.6 Å². The van der Waals surface area contributed by atoms with E-state index in [9.17, 15) is 0 Å². The number of benzene rings is 1. The number of aliphatic imine (C=N–C) groups is 1. The van der Waals surface area contributed by atoms with Gasteiger partial charge in [-0.1, -0.05) is 18.2 Å². The molecule has 0 amide bonds. The van der Waals surface area contributed by atoms with Crippen LogP contribution in [0.25, 0.3) is 0 Å². The van der Waals surface area contributed by atoms with Crippen molar-refractivity contribution in [3.63, 3.8) is 0 Å². The first-order valence-electron chi connectivity index (χ1n) is 4.78. The first-order valence-corrected chi connectivity index (χ1v) is 4.78. The van der Waals surface area contributed by atoms with E-state index in [0.717, 1.165) is 17.9 Å². The van der Waals surface area contributed by atoms with Gasteiger partial charge < -0.3 is 5.43 Å². The minimum atomic E-state index is 0.729. The molecule has 0 aromatic heterocycles. The lowest BCUT2D eigenvalue weighted by molar-refractivity contribution is 0.988. The summed E-state index contributed by atoms with van der Waals surface area (Å²) >= 11 is 0. The highest BCUT2D eigenvalue weighted by Crippen LogP contribution is 2.12. The molecule has 3 N–H and O–H groups in total. The third-order valence-corrected chi connectivity index (χ3v) is 2.31. The van der Waals surface area contributed by atoms with Crippen molar-refractivity contribution >= 4 is 5.84 Å². The normalized spacial score (nSPS) is 11.6. The number of nitrogens with two attached hydrogens (primary N) is 1. The van der Waals surface area contributed by atoms with E-state index in [0.29, 0.717) is 0 Å². The highest BCUT2D eigenvalue weighted by atomic mass is 15.2. The van der Waals surface area contributed by atoms with Crippen molar-refractivity contribution in [2.45, 2.75) is 20.8 Å². The van der Waals surface area contributed by atoms with E-state index in [-0.39, 0.29) is 0 Å². The van der Waals surface area contributed by atoms with Gasteiger partial charge in [0, 0.05) is 12.1 Å². The molecule has 3 heteroatoms. The number of hydrazine groups is 1. The Hall–Kier alpha value is -1.35. The van der Waals surface area contributed by atoms with Gasteiger partial charge >= 0.3 is 0 Å². The number of nitrogens with zero attached hydrogens (tertiary/aromatic N) is 1. The van der Waals surface area contributed by atoms with Gasteiger partial charge in [-0.25, -0.2) is 5.84 Å². The summed E-state index contributed by atoms with van der Waals surface area (Å²) in [5.41, 5.74) is 6.19. The predicted octanol–water partition coefficient (Wildman–Crippen LogP) is 1.53. The summed E-state index contributed by atoms with van der Waals surface area (Å²) in [4.78, 5) is 4.30. The maximum atomic E-state index is 5.43. The molecule has 0 atom stereocenters. The zero-order valence-electron chi connectivity index (χ0n) is 8.96. The van der Waals surface area contributed by atoms with Crippen LogP contribution in [0.5, 0.6) is 0 Å². The van der Waals surface area contributed by atoms with Crippen molar-refractivity contribution in [1.82, 2.24) is 5.43 Å². The zero-order chi connectivity index (χ0) is 10.6. The number of hydrogen-bond donors (Lipinski definition) is 2. The number of rotatable bonds is 2. The Bertz CT molecular complexity index is 342. The minimum Gasteiger partial charge on any atom is -0.308 e. The van der Waals surface area contributed by atoms with Crippen molar-refractivity contribution in [2.24, 2.45) is 10.8 Å². The first-order chi connectivity index (χ1) is 6.70. The molecule has 0 fully saturated rings. The van der Waals surface area contributed by atoms with E-state index >= 15 is 0 Å². The van der Waals surface area contributed by atoms with Gasteiger partial charge in [-0.15, -0.1) is 0 Å². The summed E-state index contributed by atoms with van der Waals surface area (Å²) in [5.74, 6) is 6.19. The van der Waals surface area contributed by atoms with Crippen LogP contribution in [0, 0.1) is 13.8 Å². The predicted molar refractivity (Wildman–Crippen MR) is 60.3 cm³/mol. The quantitative estimate of drug-likeness (QED) is 0.322. The second kappa shape index (κ2) is 4.77. The van der Waals surface area contributed by atoms with Gasteiger partial charge in [-0.3, -0.25) is 4.99 Å². The molecule has 1 aromatic rings. The highest BCUT2D eigenvalue weighted by molar-refractivity contribution is 5.99. The average Bonchev–Trinajstić information content (AvgIpc) is 2.19. The molecule has 0 aliphatic heterocycles. The van der Waals surface area contributed by atoms with Gasteiger partial charge in [0.1, 0.15) is 5.84 Å². The fourth-order valence-electron chi connectivity index (χ4n) is 1.37. The Balaban J connectivity index is 3.17. The van der Waals surface area contributed by atoms with Crippen molar-refractivity contribution in [3.8, 4) is 0 Å². The second-order valence-corrected chi connectivity index (χ2v) is 3.21. The Morgan fingerprint density at radius 2 is 2.14 bits per heavy atom. The molecular weight excluding hydrogens is 174 g/mol. The van der Waals surface area contributed by atoms with Gasteiger partial charge in [0.15, 0.2) is 0 Å². The fraction of sp³-hybridized carbons (Fsp3) is 0.364. The number of aryl methyl sites for hydroxylation is 1. The van der Waals surface area contributed by atoms with Gasteiger partial charge in [0.25, 0.3) is 0 Å². The molecular formula is C11H17N3. The Kier molecular flexibility index (Phi) is 3.65. The van der Waals surface area contributed by atoms with E-state index in [4.69, 9.17) is 5.84 Å². The summed E-state index contributed by atoms with van der Waals surface area (Å²) in [6, 6.07) is 6.12. The minimum absolute atomic E-state index is 0.729. The third-order valence-electron chi connectivity index (χ3n) is 2.31. The van der Waals surface area contributed by atoms with Crippen LogP contribution in [-0.4, -0.2) is 12.4 Å². The Morgan fingerprint density at radius 3 is 2.71 bits per heavy atom. The van der Waals surface area contributed by atoms with Crippen LogP contribution in [0.2, 0.25) is 0 Å². The maximum absolute atomic E-state index is 5.43. The molecule has 0 spiro atoms. The van der Waals surface area contributed by atoms with Crippen LogP contribution < -0.4 is 11.3 Å². The number of hydrogen-bond acceptors (Lipinski definition) is 2. The molecule has 1 aromatic carbocycles. The highest BCUT2D eigenvalue weighted by Gasteiger charge is 2.05. The lowest BCUT2D eigenvalue weighted by Crippen LogP contribution is -2.32. The van der Waals surface area contributed by atoms with Gasteiger partial charge in [0.05, 0.1) is 0 Å². The van der Waals surface area contributed by atoms with Crippen LogP contribution in [0.4, 0.5) is 0 Å². The molecule has 0 aliphatic rings. The second-order valence-electron chi connectivity index (χ2n) is 3.21. The van der Waals surface area contributed by atoms with Crippen LogP contribution in [-0.2, 0) is 0 Å². The van der Waals surface area contributed by atoms with E-state index in [2.05, 4.69) is 30.3 Å². The number of nitrogens with one attached hydrogen (secondary N) is 1. The SMILES string of the molecule is CCN=C(NN)c1cccc(C)c1C. The Morgan fingerprint density at radius 1 is 1.43 bits per heavy atom. The molecule has 3 nitrogen and oxygen atoms in total. The summed E-state index contributed by atoms with van der Waals surface area (Å²) in [7, 11) is 0. The van der Waals surface area contributed by atoms with Gasteiger partial charge in [-0.05, 0) is 31.9 Å². The molecule has 0 bridgehead atoms. The lowest BCUT2D eigenvalue weighted by Gasteiger charge is -2.10. The summed E-state index contributed by atoms with van der Waals surface area (Å²) in [6.07, 6.45) is 0. The van der Waals surface area contributed by atoms with Crippen molar-refractivity contribution in [1.29, 1.82) is 0 Å². The molecule has 0 saturated carbocycles. The molecule has 1 rings (SSSR count). The standard InChI is InChI=1S/C11H17N3/c1-4-13-11(14-12)10-7-5-6-8(2)9(10)3/h5-7H,4,12H2,1-3H3,(H,13,14). The number of amidine groups is 1. The third kappa shape index (κ3) is 2.12. The molecule has 0 aliphatic carbocycles. The maximum Gasteiger partial charge on any atom is 0.142 e. The van der Waals surface area contributed by atoms with Crippen LogP contribution >= 0.6 is 0 Å². The fourth-order valence-corrected chi connectivity index (χ4v) is 1.37. The average molecular weight is 191 g/mol. The first kappa shape index (κ1) is 10.7. The van der Waals surface area contributed by atoms with Crippen molar-refractivity contribution in [2.75, 3.05) is 6.54 Å². The Labute approximate surface area is 85.0 Å². The monoisotopic (exact) mass is 191 g/mol. The van der Waals surface area contributed by atoms with Crippen LogP contribution in [0.3, 0.4) is 0 Å². The van der Waals surface area contributed by atoms with Crippen molar-refractivity contribution < 1.29 is 0 Å². The summed E-state index contributed by atoms with van der Waals surface area (Å²) < 4.78 is 0. The molecule has 14 heavy (non-hydrogen) atoms. The zero-order valence-corrected chi connectivity index (χ0v) is 8.96. The smallest absolute Gasteiger partial charge is 0.142 e. The van der Waals surface area contributed by atoms with Gasteiger partial charge in [0.2, 0.25) is 0 Å². The largest absolute Gasteiger partial charge is 0.308 e. The lowest BCUT2D eigenvalue weighted by atomic mass is 10.0. The van der Waals surface area contributed by atoms with E-state index in [1.807, 2.05) is 19.1 Å². The summed E-state index contributed by atoms with van der Waals surface area (Å²) in [5, 5.41) is 0. The molecule has 0 heterocycles.